The summed E-state index contributed by atoms with van der Waals surface area (Å²) in [5, 5.41) is 0. The molecule has 0 aliphatic carbocycles. The number of hydrogen-bond donors (Lipinski definition) is 0. The van der Waals surface area contributed by atoms with Gasteiger partial charge < -0.3 is 19.3 Å². The molecule has 162 valence electrons. The Labute approximate surface area is 172 Å². The van der Waals surface area contributed by atoms with Gasteiger partial charge in [-0.1, -0.05) is 6.07 Å². The molecule has 1 aliphatic rings. The highest BCUT2D eigenvalue weighted by Crippen LogP contribution is 2.30. The van der Waals surface area contributed by atoms with E-state index in [-0.39, 0.29) is 17.4 Å². The van der Waals surface area contributed by atoms with Crippen molar-refractivity contribution in [3.8, 4) is 11.5 Å². The van der Waals surface area contributed by atoms with Crippen LogP contribution in [0.4, 0.5) is 19.1 Å². The predicted octanol–water partition coefficient (Wildman–Crippen LogP) is 2.71. The molecule has 0 saturated carbocycles. The SMILES string of the molecule is COc1cc(CCC(=O)N2CCN(c3ncccn3)CC2)ccc1OCC(F)(F)F. The summed E-state index contributed by atoms with van der Waals surface area (Å²) in [7, 11) is 1.36. The Bertz CT molecular complexity index is 841. The van der Waals surface area contributed by atoms with E-state index in [4.69, 9.17) is 9.47 Å². The Kier molecular flexibility index (Phi) is 6.96. The zero-order valence-electron chi connectivity index (χ0n) is 16.6. The van der Waals surface area contributed by atoms with E-state index in [2.05, 4.69) is 9.97 Å². The summed E-state index contributed by atoms with van der Waals surface area (Å²) < 4.78 is 46.9. The van der Waals surface area contributed by atoms with Gasteiger partial charge in [-0.05, 0) is 30.2 Å². The summed E-state index contributed by atoms with van der Waals surface area (Å²) in [5.74, 6) is 0.911. The average Bonchev–Trinajstić information content (AvgIpc) is 2.76. The number of piperazine rings is 1. The molecule has 7 nitrogen and oxygen atoms in total. The third kappa shape index (κ3) is 5.98. The number of carbonyl (C=O) groups excluding carboxylic acids is 1. The van der Waals surface area contributed by atoms with Gasteiger partial charge in [-0.3, -0.25) is 4.79 Å². The third-order valence-electron chi connectivity index (χ3n) is 4.71. The van der Waals surface area contributed by atoms with E-state index in [1.165, 1.54) is 13.2 Å². The molecule has 0 atom stereocenters. The molecule has 0 radical (unpaired) electrons. The molecule has 1 aromatic heterocycles. The fourth-order valence-corrected chi connectivity index (χ4v) is 3.17. The van der Waals surface area contributed by atoms with Crippen molar-refractivity contribution in [2.45, 2.75) is 19.0 Å². The molecule has 1 amide bonds. The van der Waals surface area contributed by atoms with Crippen LogP contribution >= 0.6 is 0 Å². The molecule has 0 bridgehead atoms. The Morgan fingerprint density at radius 2 is 1.80 bits per heavy atom. The van der Waals surface area contributed by atoms with E-state index in [9.17, 15) is 18.0 Å². The van der Waals surface area contributed by atoms with Crippen LogP contribution in [-0.4, -0.2) is 66.8 Å². The second-order valence-corrected chi connectivity index (χ2v) is 6.81. The number of nitrogens with zero attached hydrogens (tertiary/aromatic N) is 4. The molecule has 0 unspecified atom stereocenters. The average molecular weight is 424 g/mol. The number of methoxy groups -OCH3 is 1. The first-order valence-corrected chi connectivity index (χ1v) is 9.52. The number of rotatable bonds is 7. The van der Waals surface area contributed by atoms with Crippen LogP contribution in [0.25, 0.3) is 0 Å². The van der Waals surface area contributed by atoms with Gasteiger partial charge in [-0.2, -0.15) is 13.2 Å². The first-order chi connectivity index (χ1) is 14.4. The van der Waals surface area contributed by atoms with Gasteiger partial charge in [0.25, 0.3) is 0 Å². The molecular formula is C20H23F3N4O3. The van der Waals surface area contributed by atoms with E-state index in [1.54, 1.807) is 35.5 Å². The lowest BCUT2D eigenvalue weighted by Crippen LogP contribution is -2.49. The van der Waals surface area contributed by atoms with Crippen LogP contribution in [0.3, 0.4) is 0 Å². The minimum absolute atomic E-state index is 0.0177. The van der Waals surface area contributed by atoms with Gasteiger partial charge in [-0.15, -0.1) is 0 Å². The number of anilines is 1. The Balaban J connectivity index is 1.50. The standard InChI is InChI=1S/C20H23F3N4O3/c1-29-17-13-15(3-5-16(17)30-14-20(21,22)23)4-6-18(28)26-9-11-27(12-10-26)19-24-7-2-8-25-19/h2-3,5,7-8,13H,4,6,9-12,14H2,1H3. The number of hydrogen-bond acceptors (Lipinski definition) is 6. The third-order valence-corrected chi connectivity index (χ3v) is 4.71. The molecule has 1 fully saturated rings. The molecule has 2 aromatic rings. The molecular weight excluding hydrogens is 401 g/mol. The monoisotopic (exact) mass is 424 g/mol. The number of carbonyl (C=O) groups is 1. The van der Waals surface area contributed by atoms with Crippen molar-refractivity contribution in [1.82, 2.24) is 14.9 Å². The highest BCUT2D eigenvalue weighted by molar-refractivity contribution is 5.76. The molecule has 30 heavy (non-hydrogen) atoms. The molecule has 0 N–H and O–H groups in total. The second-order valence-electron chi connectivity index (χ2n) is 6.81. The molecule has 3 rings (SSSR count). The zero-order chi connectivity index (χ0) is 21.6. The smallest absolute Gasteiger partial charge is 0.422 e. The second kappa shape index (κ2) is 9.64. The van der Waals surface area contributed by atoms with Crippen LogP contribution in [0, 0.1) is 0 Å². The van der Waals surface area contributed by atoms with Gasteiger partial charge in [0.05, 0.1) is 7.11 Å². The number of aromatic nitrogens is 2. The van der Waals surface area contributed by atoms with E-state index >= 15 is 0 Å². The van der Waals surface area contributed by atoms with Crippen LogP contribution in [0.1, 0.15) is 12.0 Å². The summed E-state index contributed by atoms with van der Waals surface area (Å²) in [4.78, 5) is 24.8. The van der Waals surface area contributed by atoms with E-state index in [0.717, 1.165) is 5.56 Å². The van der Waals surface area contributed by atoms with Gasteiger partial charge in [0.1, 0.15) is 0 Å². The topological polar surface area (TPSA) is 67.8 Å². The lowest BCUT2D eigenvalue weighted by molar-refractivity contribution is -0.153. The first kappa shape index (κ1) is 21.7. The van der Waals surface area contributed by atoms with Crippen molar-refractivity contribution in [3.63, 3.8) is 0 Å². The maximum atomic E-state index is 12.5. The summed E-state index contributed by atoms with van der Waals surface area (Å²) in [5.41, 5.74) is 0.788. The highest BCUT2D eigenvalue weighted by atomic mass is 19.4. The van der Waals surface area contributed by atoms with Crippen molar-refractivity contribution < 1.29 is 27.4 Å². The van der Waals surface area contributed by atoms with Crippen LogP contribution in [0.15, 0.2) is 36.7 Å². The Hall–Kier alpha value is -3.04. The summed E-state index contributed by atoms with van der Waals surface area (Å²) >= 11 is 0. The summed E-state index contributed by atoms with van der Waals surface area (Å²) in [6.07, 6.45) is -0.293. The predicted molar refractivity (Wildman–Crippen MR) is 104 cm³/mol. The van der Waals surface area contributed by atoms with Gasteiger partial charge in [0.15, 0.2) is 18.1 Å². The number of ether oxygens (including phenoxy) is 2. The molecule has 2 heterocycles. The maximum Gasteiger partial charge on any atom is 0.422 e. The van der Waals surface area contributed by atoms with E-state index < -0.39 is 12.8 Å². The minimum atomic E-state index is -4.42. The Morgan fingerprint density at radius 1 is 1.10 bits per heavy atom. The normalized spacial score (nSPS) is 14.5. The van der Waals surface area contributed by atoms with Crippen molar-refractivity contribution in [2.75, 3.05) is 44.8 Å². The first-order valence-electron chi connectivity index (χ1n) is 9.52. The van der Waals surface area contributed by atoms with Crippen molar-refractivity contribution >= 4 is 11.9 Å². The van der Waals surface area contributed by atoms with E-state index in [0.29, 0.717) is 45.0 Å². The fraction of sp³-hybridized carbons (Fsp3) is 0.450. The molecule has 0 spiro atoms. The van der Waals surface area contributed by atoms with Crippen LogP contribution in [0.2, 0.25) is 0 Å². The summed E-state index contributed by atoms with van der Waals surface area (Å²) in [6.45, 7) is 1.11. The van der Waals surface area contributed by atoms with Gasteiger partial charge in [-0.25, -0.2) is 9.97 Å². The minimum Gasteiger partial charge on any atom is -0.493 e. The fourth-order valence-electron chi connectivity index (χ4n) is 3.17. The number of alkyl halides is 3. The quantitative estimate of drug-likeness (QED) is 0.681. The largest absolute Gasteiger partial charge is 0.493 e. The van der Waals surface area contributed by atoms with Gasteiger partial charge in [0.2, 0.25) is 11.9 Å². The van der Waals surface area contributed by atoms with Crippen molar-refractivity contribution in [3.05, 3.63) is 42.2 Å². The molecule has 10 heteroatoms. The van der Waals surface area contributed by atoms with Crippen LogP contribution in [0.5, 0.6) is 11.5 Å². The number of amides is 1. The Morgan fingerprint density at radius 3 is 2.43 bits per heavy atom. The zero-order valence-corrected chi connectivity index (χ0v) is 16.6. The van der Waals surface area contributed by atoms with Crippen molar-refractivity contribution in [1.29, 1.82) is 0 Å². The highest BCUT2D eigenvalue weighted by Gasteiger charge is 2.29. The number of aryl methyl sites for hydroxylation is 1. The molecule has 1 saturated heterocycles. The lowest BCUT2D eigenvalue weighted by atomic mass is 10.1. The van der Waals surface area contributed by atoms with Crippen molar-refractivity contribution in [2.24, 2.45) is 0 Å². The maximum absolute atomic E-state index is 12.5. The number of halogens is 3. The van der Waals surface area contributed by atoms with Crippen LogP contribution in [-0.2, 0) is 11.2 Å². The lowest BCUT2D eigenvalue weighted by Gasteiger charge is -2.34. The molecule has 1 aliphatic heterocycles. The van der Waals surface area contributed by atoms with Crippen LogP contribution < -0.4 is 14.4 Å². The van der Waals surface area contributed by atoms with Gasteiger partial charge in [0, 0.05) is 45.0 Å². The summed E-state index contributed by atoms with van der Waals surface area (Å²) in [6, 6.07) is 6.44. The van der Waals surface area contributed by atoms with E-state index in [1.807, 2.05) is 4.90 Å². The van der Waals surface area contributed by atoms with Gasteiger partial charge >= 0.3 is 6.18 Å². The molecule has 1 aromatic carbocycles. The number of benzene rings is 1.